The number of primary amides is 1. The summed E-state index contributed by atoms with van der Waals surface area (Å²) in [5, 5.41) is 3.56. The number of benzene rings is 2. The van der Waals surface area contributed by atoms with E-state index in [2.05, 4.69) is 5.32 Å². The van der Waals surface area contributed by atoms with E-state index in [4.69, 9.17) is 17.3 Å². The number of nitrogens with one attached hydrogen (secondary N) is 1. The Morgan fingerprint density at radius 1 is 1.29 bits per heavy atom. The summed E-state index contributed by atoms with van der Waals surface area (Å²) in [6.07, 6.45) is 0.301. The summed E-state index contributed by atoms with van der Waals surface area (Å²) in [5.74, 6) is -1.12. The quantitative estimate of drug-likeness (QED) is 0.885. The van der Waals surface area contributed by atoms with Crippen LogP contribution in [-0.4, -0.2) is 5.91 Å². The summed E-state index contributed by atoms with van der Waals surface area (Å²) in [4.78, 5) is 12.1. The molecule has 1 unspecified atom stereocenters. The molecule has 0 bridgehead atoms. The Hall–Kier alpha value is -2.07. The summed E-state index contributed by atoms with van der Waals surface area (Å²) < 4.78 is 14.1. The number of nitrogens with two attached hydrogens (primary N) is 1. The van der Waals surface area contributed by atoms with Crippen LogP contribution in [0.15, 0.2) is 48.5 Å². The Morgan fingerprint density at radius 2 is 2.00 bits per heavy atom. The number of hydrogen-bond acceptors (Lipinski definition) is 2. The molecule has 3 N–H and O–H groups in total. The molecule has 0 radical (unpaired) electrons. The van der Waals surface area contributed by atoms with Gasteiger partial charge in [-0.3, -0.25) is 4.79 Å². The summed E-state index contributed by atoms with van der Waals surface area (Å²) in [5.41, 5.74) is 5.07. The van der Waals surface area contributed by atoms with E-state index in [1.165, 1.54) is 6.07 Å². The van der Waals surface area contributed by atoms with Crippen molar-refractivity contribution in [3.05, 3.63) is 64.9 Å². The van der Waals surface area contributed by atoms with Crippen LogP contribution in [0.4, 0.5) is 10.1 Å². The highest BCUT2D eigenvalue weighted by Gasteiger charge is 2.39. The predicted octanol–water partition coefficient (Wildman–Crippen LogP) is 3.68. The van der Waals surface area contributed by atoms with Crippen molar-refractivity contribution >= 4 is 23.2 Å². The third kappa shape index (κ3) is 3.00. The molecule has 0 fully saturated rings. The van der Waals surface area contributed by atoms with Gasteiger partial charge in [-0.2, -0.15) is 0 Å². The zero-order valence-electron chi connectivity index (χ0n) is 11.6. The molecule has 5 heteroatoms. The lowest BCUT2D eigenvalue weighted by atomic mass is 9.85. The highest BCUT2D eigenvalue weighted by molar-refractivity contribution is 6.30. The zero-order valence-corrected chi connectivity index (χ0v) is 12.3. The van der Waals surface area contributed by atoms with E-state index in [1.54, 1.807) is 49.4 Å². The van der Waals surface area contributed by atoms with Crippen LogP contribution in [0.25, 0.3) is 0 Å². The van der Waals surface area contributed by atoms with E-state index in [0.29, 0.717) is 17.1 Å². The molecule has 0 spiro atoms. The molecule has 0 saturated carbocycles. The topological polar surface area (TPSA) is 55.1 Å². The second-order valence-corrected chi connectivity index (χ2v) is 5.17. The molecular weight excluding hydrogens is 291 g/mol. The minimum atomic E-state index is -1.32. The maximum absolute atomic E-state index is 14.1. The lowest BCUT2D eigenvalue weighted by Crippen LogP contribution is -2.48. The van der Waals surface area contributed by atoms with Gasteiger partial charge in [0.1, 0.15) is 11.4 Å². The molecule has 0 aliphatic carbocycles. The summed E-state index contributed by atoms with van der Waals surface area (Å²) >= 11 is 5.94. The monoisotopic (exact) mass is 306 g/mol. The van der Waals surface area contributed by atoms with E-state index in [1.807, 2.05) is 0 Å². The molecule has 2 rings (SSSR count). The fourth-order valence-corrected chi connectivity index (χ4v) is 2.52. The highest BCUT2D eigenvalue weighted by Crippen LogP contribution is 2.32. The number of halogens is 2. The van der Waals surface area contributed by atoms with Gasteiger partial charge in [0.2, 0.25) is 5.91 Å². The van der Waals surface area contributed by atoms with Crippen LogP contribution in [0.1, 0.15) is 18.9 Å². The first-order valence-corrected chi connectivity index (χ1v) is 6.96. The lowest BCUT2D eigenvalue weighted by molar-refractivity contribution is -0.122. The largest absolute Gasteiger partial charge is 0.367 e. The van der Waals surface area contributed by atoms with E-state index in [9.17, 15) is 9.18 Å². The molecule has 0 heterocycles. The van der Waals surface area contributed by atoms with Crippen molar-refractivity contribution in [3.8, 4) is 0 Å². The van der Waals surface area contributed by atoms with Crippen LogP contribution < -0.4 is 11.1 Å². The number of carbonyl (C=O) groups excluding carboxylic acids is 1. The number of amides is 1. The Labute approximate surface area is 127 Å². The summed E-state index contributed by atoms with van der Waals surface area (Å²) in [6.45, 7) is 1.77. The SMILES string of the molecule is CCC(Nc1cccc(Cl)c1)(C(N)=O)c1ccccc1F. The standard InChI is InChI=1S/C16H16ClFN2O/c1-2-16(15(19)21,13-8-3-4-9-14(13)18)20-12-7-5-6-11(17)10-12/h3-10,20H,2H2,1H3,(H2,19,21). The van der Waals surface area contributed by atoms with Gasteiger partial charge >= 0.3 is 0 Å². The number of rotatable bonds is 5. The zero-order chi connectivity index (χ0) is 15.5. The van der Waals surface area contributed by atoms with Gasteiger partial charge in [-0.25, -0.2) is 4.39 Å². The molecule has 110 valence electrons. The molecule has 0 aliphatic heterocycles. The van der Waals surface area contributed by atoms with Crippen LogP contribution in [-0.2, 0) is 10.3 Å². The Balaban J connectivity index is 2.53. The van der Waals surface area contributed by atoms with Crippen LogP contribution in [0.5, 0.6) is 0 Å². The van der Waals surface area contributed by atoms with Crippen molar-refractivity contribution in [1.29, 1.82) is 0 Å². The molecule has 1 atom stereocenters. The van der Waals surface area contributed by atoms with Gasteiger partial charge in [0.25, 0.3) is 0 Å². The van der Waals surface area contributed by atoms with Gasteiger partial charge in [-0.05, 0) is 30.7 Å². The van der Waals surface area contributed by atoms with Crippen LogP contribution in [0, 0.1) is 5.82 Å². The Bertz CT molecular complexity index is 662. The second kappa shape index (κ2) is 6.14. The van der Waals surface area contributed by atoms with Gasteiger partial charge in [-0.15, -0.1) is 0 Å². The van der Waals surface area contributed by atoms with Crippen LogP contribution >= 0.6 is 11.6 Å². The first-order valence-electron chi connectivity index (χ1n) is 6.58. The normalized spacial score (nSPS) is 13.5. The molecule has 21 heavy (non-hydrogen) atoms. The smallest absolute Gasteiger partial charge is 0.247 e. The van der Waals surface area contributed by atoms with E-state index >= 15 is 0 Å². The summed E-state index contributed by atoms with van der Waals surface area (Å²) in [6, 6.07) is 13.0. The van der Waals surface area contributed by atoms with Gasteiger partial charge in [0, 0.05) is 16.3 Å². The molecular formula is C16H16ClFN2O. The molecule has 0 aromatic heterocycles. The fraction of sp³-hybridized carbons (Fsp3) is 0.188. The van der Waals surface area contributed by atoms with E-state index in [0.717, 1.165) is 0 Å². The van der Waals surface area contributed by atoms with Gasteiger partial charge in [0.05, 0.1) is 0 Å². The number of carbonyl (C=O) groups is 1. The van der Waals surface area contributed by atoms with Crippen molar-refractivity contribution < 1.29 is 9.18 Å². The van der Waals surface area contributed by atoms with Crippen molar-refractivity contribution in [2.45, 2.75) is 18.9 Å². The first-order chi connectivity index (χ1) is 9.99. The first kappa shape index (κ1) is 15.3. The van der Waals surface area contributed by atoms with E-state index < -0.39 is 17.3 Å². The predicted molar refractivity (Wildman–Crippen MR) is 82.6 cm³/mol. The van der Waals surface area contributed by atoms with Crippen molar-refractivity contribution in [2.75, 3.05) is 5.32 Å². The number of anilines is 1. The minimum absolute atomic E-state index is 0.222. The minimum Gasteiger partial charge on any atom is -0.367 e. The fourth-order valence-electron chi connectivity index (χ4n) is 2.33. The van der Waals surface area contributed by atoms with Crippen molar-refractivity contribution in [3.63, 3.8) is 0 Å². The Kier molecular flexibility index (Phi) is 4.48. The maximum atomic E-state index is 14.1. The third-order valence-electron chi connectivity index (χ3n) is 3.47. The highest BCUT2D eigenvalue weighted by atomic mass is 35.5. The molecule has 0 saturated heterocycles. The van der Waals surface area contributed by atoms with Crippen molar-refractivity contribution in [1.82, 2.24) is 0 Å². The molecule has 1 amide bonds. The van der Waals surface area contributed by atoms with Crippen LogP contribution in [0.2, 0.25) is 5.02 Å². The van der Waals surface area contributed by atoms with E-state index in [-0.39, 0.29) is 5.56 Å². The van der Waals surface area contributed by atoms with Crippen LogP contribution in [0.3, 0.4) is 0 Å². The Morgan fingerprint density at radius 3 is 2.57 bits per heavy atom. The third-order valence-corrected chi connectivity index (χ3v) is 3.70. The molecule has 2 aromatic rings. The maximum Gasteiger partial charge on any atom is 0.247 e. The molecule has 3 nitrogen and oxygen atoms in total. The van der Waals surface area contributed by atoms with Gasteiger partial charge < -0.3 is 11.1 Å². The van der Waals surface area contributed by atoms with Gasteiger partial charge in [-0.1, -0.05) is 42.8 Å². The summed E-state index contributed by atoms with van der Waals surface area (Å²) in [7, 11) is 0. The van der Waals surface area contributed by atoms with Gasteiger partial charge in [0.15, 0.2) is 0 Å². The average molecular weight is 307 g/mol. The molecule has 0 aliphatic rings. The molecule has 2 aromatic carbocycles. The van der Waals surface area contributed by atoms with Crippen molar-refractivity contribution in [2.24, 2.45) is 5.73 Å². The number of hydrogen-bond donors (Lipinski definition) is 2. The average Bonchev–Trinajstić information content (AvgIpc) is 2.45. The lowest BCUT2D eigenvalue weighted by Gasteiger charge is -2.32. The second-order valence-electron chi connectivity index (χ2n) is 4.74.